The molecule has 0 bridgehead atoms. The van der Waals surface area contributed by atoms with Gasteiger partial charge in [0.25, 0.3) is 0 Å². The molecule has 4 rings (SSSR count). The predicted octanol–water partition coefficient (Wildman–Crippen LogP) is 4.75. The Morgan fingerprint density at radius 1 is 0.517 bits per heavy atom. The van der Waals surface area contributed by atoms with Gasteiger partial charge in [0, 0.05) is 17.8 Å². The summed E-state index contributed by atoms with van der Waals surface area (Å²) in [6, 6.07) is 14.7. The molecule has 4 nitrogen and oxygen atoms in total. The quantitative estimate of drug-likeness (QED) is 0.369. The van der Waals surface area contributed by atoms with Crippen molar-refractivity contribution in [2.75, 3.05) is 0 Å². The van der Waals surface area contributed by atoms with Crippen molar-refractivity contribution >= 4 is 0 Å². The van der Waals surface area contributed by atoms with Crippen molar-refractivity contribution in [3.8, 4) is 22.5 Å². The zero-order valence-electron chi connectivity index (χ0n) is 14.8. The monoisotopic (exact) mass is 396 g/mol. The molecular weight excluding hydrogens is 384 g/mol. The first-order valence-corrected chi connectivity index (χ1v) is 8.56. The zero-order chi connectivity index (χ0) is 20.4. The van der Waals surface area contributed by atoms with Gasteiger partial charge in [-0.1, -0.05) is 12.1 Å². The molecule has 4 aromatic heterocycles. The topological polar surface area (TPSA) is 51.6 Å². The highest BCUT2D eigenvalue weighted by Crippen LogP contribution is 2.22. The van der Waals surface area contributed by atoms with Crippen LogP contribution in [-0.2, 0) is 6.42 Å². The number of halogens is 4. The van der Waals surface area contributed by atoms with Crippen molar-refractivity contribution in [1.82, 2.24) is 19.9 Å². The second-order valence-corrected chi connectivity index (χ2v) is 6.15. The van der Waals surface area contributed by atoms with Crippen molar-refractivity contribution in [1.29, 1.82) is 0 Å². The highest BCUT2D eigenvalue weighted by atomic mass is 19.1. The third-order valence-electron chi connectivity index (χ3n) is 4.16. The molecule has 0 amide bonds. The van der Waals surface area contributed by atoms with Crippen LogP contribution in [0.4, 0.5) is 17.6 Å². The molecule has 0 aliphatic carbocycles. The van der Waals surface area contributed by atoms with Crippen LogP contribution in [-0.4, -0.2) is 19.9 Å². The Hall–Kier alpha value is -3.68. The molecule has 0 radical (unpaired) electrons. The first-order valence-electron chi connectivity index (χ1n) is 8.56. The van der Waals surface area contributed by atoms with Gasteiger partial charge in [0.05, 0.1) is 22.5 Å². The molecule has 144 valence electrons. The molecular formula is C21H12F4N4. The second kappa shape index (κ2) is 7.75. The van der Waals surface area contributed by atoms with Crippen LogP contribution in [0.1, 0.15) is 11.4 Å². The fourth-order valence-corrected chi connectivity index (χ4v) is 2.85. The largest absolute Gasteiger partial charge is 0.252 e. The van der Waals surface area contributed by atoms with Gasteiger partial charge in [0.15, 0.2) is 0 Å². The van der Waals surface area contributed by atoms with Crippen LogP contribution in [0, 0.1) is 23.8 Å². The molecule has 0 spiro atoms. The molecule has 0 aromatic carbocycles. The first kappa shape index (κ1) is 18.7. The minimum atomic E-state index is -0.950. The van der Waals surface area contributed by atoms with Gasteiger partial charge in [-0.3, -0.25) is 9.97 Å². The van der Waals surface area contributed by atoms with Crippen LogP contribution in [0.25, 0.3) is 22.5 Å². The summed E-state index contributed by atoms with van der Waals surface area (Å²) in [5.74, 6) is -3.72. The Morgan fingerprint density at radius 3 is 1.38 bits per heavy atom. The maximum atomic E-state index is 13.9. The lowest BCUT2D eigenvalue weighted by Gasteiger charge is -2.07. The van der Waals surface area contributed by atoms with E-state index in [4.69, 9.17) is 0 Å². The minimum absolute atomic E-state index is 0.0782. The van der Waals surface area contributed by atoms with Crippen LogP contribution in [0.5, 0.6) is 0 Å². The average Bonchev–Trinajstić information content (AvgIpc) is 2.68. The van der Waals surface area contributed by atoms with Crippen LogP contribution in [0.15, 0.2) is 60.7 Å². The molecule has 0 N–H and O–H groups in total. The van der Waals surface area contributed by atoms with Crippen molar-refractivity contribution in [3.63, 3.8) is 0 Å². The van der Waals surface area contributed by atoms with E-state index in [-0.39, 0.29) is 17.5 Å². The molecule has 0 aliphatic heterocycles. The lowest BCUT2D eigenvalue weighted by atomic mass is 10.1. The third kappa shape index (κ3) is 4.11. The summed E-state index contributed by atoms with van der Waals surface area (Å²) in [6.07, 6.45) is 0.286. The summed E-state index contributed by atoms with van der Waals surface area (Å²) in [5.41, 5.74) is 1.92. The van der Waals surface area contributed by atoms with Gasteiger partial charge >= 0.3 is 0 Å². The van der Waals surface area contributed by atoms with E-state index in [0.717, 1.165) is 12.1 Å². The van der Waals surface area contributed by atoms with Gasteiger partial charge in [0.2, 0.25) is 23.8 Å². The number of aromatic nitrogens is 4. The molecule has 4 aromatic rings. The van der Waals surface area contributed by atoms with Crippen LogP contribution in [0.2, 0.25) is 0 Å². The number of nitrogens with zero attached hydrogens (tertiary/aromatic N) is 4. The van der Waals surface area contributed by atoms with Gasteiger partial charge < -0.3 is 0 Å². The molecule has 0 saturated heterocycles. The molecule has 0 aliphatic rings. The van der Waals surface area contributed by atoms with Gasteiger partial charge in [0.1, 0.15) is 0 Å². The van der Waals surface area contributed by atoms with Gasteiger partial charge in [-0.2, -0.15) is 27.5 Å². The minimum Gasteiger partial charge on any atom is -0.252 e. The molecule has 0 atom stereocenters. The van der Waals surface area contributed by atoms with Gasteiger partial charge in [-0.25, -0.2) is 0 Å². The summed E-state index contributed by atoms with van der Waals surface area (Å²) < 4.78 is 53.9. The van der Waals surface area contributed by atoms with E-state index in [2.05, 4.69) is 19.9 Å². The van der Waals surface area contributed by atoms with Crippen LogP contribution in [0.3, 0.4) is 0 Å². The maximum Gasteiger partial charge on any atom is 0.224 e. The molecule has 4 heterocycles. The summed E-state index contributed by atoms with van der Waals surface area (Å²) in [6.45, 7) is 0. The fourth-order valence-electron chi connectivity index (χ4n) is 2.85. The van der Waals surface area contributed by atoms with Crippen molar-refractivity contribution < 1.29 is 17.6 Å². The number of rotatable bonds is 4. The Bertz CT molecular complexity index is 1100. The molecule has 8 heteroatoms. The Morgan fingerprint density at radius 2 is 0.966 bits per heavy atom. The molecule has 0 fully saturated rings. The molecule has 0 unspecified atom stereocenters. The van der Waals surface area contributed by atoms with E-state index in [0.29, 0.717) is 22.8 Å². The van der Waals surface area contributed by atoms with E-state index in [1.54, 1.807) is 36.4 Å². The Labute approximate surface area is 163 Å². The Kier molecular flexibility index (Phi) is 4.99. The smallest absolute Gasteiger partial charge is 0.224 e. The predicted molar refractivity (Wildman–Crippen MR) is 97.6 cm³/mol. The first-order chi connectivity index (χ1) is 14.0. The highest BCUT2D eigenvalue weighted by molar-refractivity contribution is 5.59. The van der Waals surface area contributed by atoms with E-state index in [1.165, 1.54) is 12.1 Å². The van der Waals surface area contributed by atoms with E-state index in [9.17, 15) is 17.6 Å². The lowest BCUT2D eigenvalue weighted by molar-refractivity contribution is 0.514. The number of pyridine rings is 4. The number of hydrogen-bond acceptors (Lipinski definition) is 4. The summed E-state index contributed by atoms with van der Waals surface area (Å²) >= 11 is 0. The highest BCUT2D eigenvalue weighted by Gasteiger charge is 2.12. The van der Waals surface area contributed by atoms with E-state index < -0.39 is 23.8 Å². The normalized spacial score (nSPS) is 10.9. The summed E-state index contributed by atoms with van der Waals surface area (Å²) in [5, 5.41) is 0. The van der Waals surface area contributed by atoms with Crippen LogP contribution < -0.4 is 0 Å². The standard InChI is InChI=1S/C21H12F4N4/c22-18-9-7-14(20(24)28-18)16-5-1-3-12(26-16)11-13-4-2-6-17(27-13)15-8-10-19(23)29-21(15)25/h1-10H,11H2. The maximum absolute atomic E-state index is 13.9. The third-order valence-corrected chi connectivity index (χ3v) is 4.16. The molecule has 0 saturated carbocycles. The van der Waals surface area contributed by atoms with E-state index >= 15 is 0 Å². The van der Waals surface area contributed by atoms with Gasteiger partial charge in [-0.05, 0) is 48.5 Å². The van der Waals surface area contributed by atoms with Crippen molar-refractivity contribution in [2.45, 2.75) is 6.42 Å². The SMILES string of the molecule is Fc1ccc(-c2cccc(Cc3cccc(-c4ccc(F)nc4F)n3)n2)c(F)n1. The van der Waals surface area contributed by atoms with Crippen LogP contribution >= 0.6 is 0 Å². The van der Waals surface area contributed by atoms with Gasteiger partial charge in [-0.15, -0.1) is 0 Å². The summed E-state index contributed by atoms with van der Waals surface area (Å²) in [7, 11) is 0. The van der Waals surface area contributed by atoms with Crippen molar-refractivity contribution in [3.05, 3.63) is 95.8 Å². The average molecular weight is 396 g/mol. The molecule has 29 heavy (non-hydrogen) atoms. The Balaban J connectivity index is 1.63. The summed E-state index contributed by atoms with van der Waals surface area (Å²) in [4.78, 5) is 15.1. The second-order valence-electron chi connectivity index (χ2n) is 6.15. The fraction of sp³-hybridized carbons (Fsp3) is 0.0476. The van der Waals surface area contributed by atoms with Crippen molar-refractivity contribution in [2.24, 2.45) is 0 Å². The zero-order valence-corrected chi connectivity index (χ0v) is 14.8. The lowest BCUT2D eigenvalue weighted by Crippen LogP contribution is -2.00. The van der Waals surface area contributed by atoms with E-state index in [1.807, 2.05) is 0 Å². The number of hydrogen-bond donors (Lipinski definition) is 0.